The van der Waals surface area contributed by atoms with Gasteiger partial charge in [-0.15, -0.1) is 23.7 Å². The van der Waals surface area contributed by atoms with Crippen LogP contribution in [0.3, 0.4) is 0 Å². The Balaban J connectivity index is 3.10. The van der Waals surface area contributed by atoms with E-state index in [0.717, 1.165) is 0 Å². The molecular weight excluding hydrogens is 305 g/mol. The van der Waals surface area contributed by atoms with E-state index in [1.807, 2.05) is 0 Å². The summed E-state index contributed by atoms with van der Waals surface area (Å²) in [5.74, 6) is 14.4. The van der Waals surface area contributed by atoms with E-state index in [1.165, 1.54) is 24.2 Å². The lowest BCUT2D eigenvalue weighted by molar-refractivity contribution is 1.50. The molecule has 0 aromatic rings. The second kappa shape index (κ2) is 6.00. The zero-order valence-electron chi connectivity index (χ0n) is 14.8. The quantitative estimate of drug-likeness (QED) is 0.431. The molecule has 0 nitrogen and oxygen atoms in total. The van der Waals surface area contributed by atoms with E-state index in [4.69, 9.17) is 0 Å². The first kappa shape index (κ1) is 18.0. The Kier molecular flexibility index (Phi) is 5.41. The highest BCUT2D eigenvalue weighted by Gasteiger charge is 2.41. The lowest BCUT2D eigenvalue weighted by atomic mass is 10.7. The van der Waals surface area contributed by atoms with Gasteiger partial charge in [0.25, 0.3) is 0 Å². The van der Waals surface area contributed by atoms with Crippen LogP contribution in [-0.4, -0.2) is 30.4 Å². The van der Waals surface area contributed by atoms with Crippen molar-refractivity contribution in [3.8, 4) is 23.7 Å². The standard InChI is InChI=1S/C16H32Si4/c1-17(2)13-9-10-15-19(5,6)20(7,8)16-12-11-14-18(17,3)4/h13-16H2,1-8H3. The third-order valence-corrected chi connectivity index (χ3v) is 41.7. The van der Waals surface area contributed by atoms with Crippen LogP contribution in [0.1, 0.15) is 0 Å². The van der Waals surface area contributed by atoms with Gasteiger partial charge < -0.3 is 0 Å². The molecule has 0 aliphatic carbocycles. The molecule has 4 heteroatoms. The van der Waals surface area contributed by atoms with Crippen LogP contribution in [0.15, 0.2) is 0 Å². The van der Waals surface area contributed by atoms with E-state index in [-0.39, 0.29) is 0 Å². The van der Waals surface area contributed by atoms with E-state index in [9.17, 15) is 0 Å². The van der Waals surface area contributed by atoms with Gasteiger partial charge in [-0.25, -0.2) is 0 Å². The summed E-state index contributed by atoms with van der Waals surface area (Å²) in [6, 6.07) is 4.78. The molecule has 1 aliphatic rings. The topological polar surface area (TPSA) is 0 Å². The highest BCUT2D eigenvalue weighted by Crippen LogP contribution is 2.29. The maximum Gasteiger partial charge on any atom is 0.0556 e. The average molecular weight is 337 g/mol. The fraction of sp³-hybridized carbons (Fsp3) is 0.750. The lowest BCUT2D eigenvalue weighted by Gasteiger charge is -2.37. The molecule has 0 unspecified atom stereocenters. The van der Waals surface area contributed by atoms with E-state index >= 15 is 0 Å². The zero-order valence-corrected chi connectivity index (χ0v) is 18.8. The van der Waals surface area contributed by atoms with Crippen LogP contribution in [0, 0.1) is 23.7 Å². The van der Waals surface area contributed by atoms with Crippen molar-refractivity contribution in [2.75, 3.05) is 0 Å². The van der Waals surface area contributed by atoms with Gasteiger partial charge in [0.1, 0.15) is 0 Å². The zero-order chi connectivity index (χ0) is 15.7. The fourth-order valence-electron chi connectivity index (χ4n) is 2.09. The summed E-state index contributed by atoms with van der Waals surface area (Å²) >= 11 is 0. The van der Waals surface area contributed by atoms with Gasteiger partial charge in [0.15, 0.2) is 0 Å². The van der Waals surface area contributed by atoms with Gasteiger partial charge in [-0.3, -0.25) is 0 Å². The second-order valence-corrected chi connectivity index (χ2v) is 41.7. The van der Waals surface area contributed by atoms with Gasteiger partial charge >= 0.3 is 0 Å². The molecule has 1 rings (SSSR count). The van der Waals surface area contributed by atoms with E-state index in [2.05, 4.69) is 76.1 Å². The number of rotatable bonds is 0. The smallest absolute Gasteiger partial charge is 0.0556 e. The van der Waals surface area contributed by atoms with Crippen LogP contribution < -0.4 is 0 Å². The fourth-order valence-corrected chi connectivity index (χ4v) is 13.1. The molecule has 0 spiro atoms. The van der Waals surface area contributed by atoms with Crippen molar-refractivity contribution in [2.24, 2.45) is 0 Å². The summed E-state index contributed by atoms with van der Waals surface area (Å²) in [6.07, 6.45) is 0. The normalized spacial score (nSPS) is 26.8. The molecule has 0 aromatic heterocycles. The molecule has 0 atom stereocenters. The molecule has 0 saturated heterocycles. The Morgan fingerprint density at radius 2 is 0.550 bits per heavy atom. The molecule has 0 saturated carbocycles. The Labute approximate surface area is 130 Å². The third kappa shape index (κ3) is 4.01. The minimum atomic E-state index is -1.19. The first-order valence-electron chi connectivity index (χ1n) is 7.83. The van der Waals surface area contributed by atoms with Crippen molar-refractivity contribution < 1.29 is 0 Å². The Morgan fingerprint density at radius 3 is 0.700 bits per heavy atom. The average Bonchev–Trinajstić information content (AvgIpc) is 2.29. The van der Waals surface area contributed by atoms with Crippen LogP contribution in [0.25, 0.3) is 0 Å². The van der Waals surface area contributed by atoms with E-state index < -0.39 is 30.4 Å². The maximum atomic E-state index is 3.60. The van der Waals surface area contributed by atoms with Gasteiger partial charge in [0.2, 0.25) is 0 Å². The molecule has 0 aromatic carbocycles. The van der Waals surface area contributed by atoms with Crippen molar-refractivity contribution in [1.29, 1.82) is 0 Å². The van der Waals surface area contributed by atoms with Gasteiger partial charge in [-0.1, -0.05) is 52.4 Å². The summed E-state index contributed by atoms with van der Waals surface area (Å²) in [6.45, 7) is 20.4. The van der Waals surface area contributed by atoms with Crippen molar-refractivity contribution in [3.05, 3.63) is 0 Å². The van der Waals surface area contributed by atoms with Gasteiger partial charge in [-0.05, 0) is 0 Å². The molecule has 0 bridgehead atoms. The maximum absolute atomic E-state index is 3.60. The predicted molar refractivity (Wildman–Crippen MR) is 105 cm³/mol. The van der Waals surface area contributed by atoms with Crippen LogP contribution >= 0.6 is 0 Å². The molecule has 20 heavy (non-hydrogen) atoms. The molecule has 0 radical (unpaired) electrons. The SMILES string of the molecule is C[Si]1(C)CC#CC[Si](C)(C)[Si](C)(C)CC#CC[Si]1(C)C. The monoisotopic (exact) mass is 336 g/mol. The number of hydrogen-bond donors (Lipinski definition) is 0. The van der Waals surface area contributed by atoms with Crippen molar-refractivity contribution in [1.82, 2.24) is 0 Å². The molecule has 1 heterocycles. The number of hydrogen-bond acceptors (Lipinski definition) is 0. The van der Waals surface area contributed by atoms with E-state index in [0.29, 0.717) is 0 Å². The Bertz CT molecular complexity index is 392. The van der Waals surface area contributed by atoms with Crippen LogP contribution in [0.4, 0.5) is 0 Å². The minimum Gasteiger partial charge on any atom is -0.107 e. The van der Waals surface area contributed by atoms with Crippen LogP contribution in [0.2, 0.25) is 76.6 Å². The van der Waals surface area contributed by atoms with Crippen molar-refractivity contribution in [2.45, 2.75) is 76.6 Å². The molecular formula is C16H32Si4. The summed E-state index contributed by atoms with van der Waals surface area (Å²) in [5.41, 5.74) is 0. The van der Waals surface area contributed by atoms with Gasteiger partial charge in [0.05, 0.1) is 30.4 Å². The van der Waals surface area contributed by atoms with Crippen LogP contribution in [0.5, 0.6) is 0 Å². The van der Waals surface area contributed by atoms with Crippen molar-refractivity contribution in [3.63, 3.8) is 0 Å². The second-order valence-electron chi connectivity index (χ2n) is 8.95. The van der Waals surface area contributed by atoms with Crippen molar-refractivity contribution >= 4 is 30.4 Å². The summed E-state index contributed by atoms with van der Waals surface area (Å²) < 4.78 is 0. The van der Waals surface area contributed by atoms with Crippen LogP contribution in [-0.2, 0) is 0 Å². The van der Waals surface area contributed by atoms with Gasteiger partial charge in [-0.2, -0.15) is 0 Å². The molecule has 0 amide bonds. The first-order valence-corrected chi connectivity index (χ1v) is 22.7. The highest BCUT2D eigenvalue weighted by atomic mass is 29.3. The van der Waals surface area contributed by atoms with E-state index in [1.54, 1.807) is 0 Å². The largest absolute Gasteiger partial charge is 0.107 e. The molecule has 0 fully saturated rings. The third-order valence-electron chi connectivity index (χ3n) is 6.04. The molecule has 1 aliphatic heterocycles. The predicted octanol–water partition coefficient (Wildman–Crippen LogP) is 5.00. The van der Waals surface area contributed by atoms with Gasteiger partial charge in [0, 0.05) is 24.2 Å². The summed E-state index contributed by atoms with van der Waals surface area (Å²) in [5, 5.41) is 0. The minimum absolute atomic E-state index is 1.19. The summed E-state index contributed by atoms with van der Waals surface area (Å²) in [7, 11) is -4.75. The Hall–Kier alpha value is -0.0125. The lowest BCUT2D eigenvalue weighted by Crippen LogP contribution is -2.55. The first-order chi connectivity index (χ1) is 8.91. The molecule has 0 N–H and O–H groups in total. The highest BCUT2D eigenvalue weighted by molar-refractivity contribution is 7.41. The summed E-state index contributed by atoms with van der Waals surface area (Å²) in [4.78, 5) is 0. The molecule has 112 valence electrons. The Morgan fingerprint density at radius 1 is 0.400 bits per heavy atom.